The van der Waals surface area contributed by atoms with Crippen LogP contribution in [0, 0.1) is 6.92 Å². The van der Waals surface area contributed by atoms with Crippen molar-refractivity contribution >= 4 is 39.8 Å². The summed E-state index contributed by atoms with van der Waals surface area (Å²) < 4.78 is 7.03. The maximum absolute atomic E-state index is 12.7. The van der Waals surface area contributed by atoms with Crippen LogP contribution in [0.4, 0.5) is 15.6 Å². The molecule has 1 aromatic carbocycles. The van der Waals surface area contributed by atoms with Crippen LogP contribution in [0.3, 0.4) is 0 Å². The first kappa shape index (κ1) is 19.7. The molecule has 0 unspecified atom stereocenters. The minimum atomic E-state index is -0.473. The Morgan fingerprint density at radius 1 is 1.10 bits per heavy atom. The van der Waals surface area contributed by atoms with Crippen molar-refractivity contribution in [1.82, 2.24) is 9.38 Å². The molecule has 30 heavy (non-hydrogen) atoms. The number of carbonyl (C=O) groups excluding carboxylic acids is 2. The van der Waals surface area contributed by atoms with Gasteiger partial charge in [-0.1, -0.05) is 36.4 Å². The summed E-state index contributed by atoms with van der Waals surface area (Å²) in [7, 11) is 0. The molecule has 0 bridgehead atoms. The van der Waals surface area contributed by atoms with Crippen molar-refractivity contribution in [1.29, 1.82) is 0 Å². The lowest BCUT2D eigenvalue weighted by Gasteiger charge is -2.10. The van der Waals surface area contributed by atoms with Crippen molar-refractivity contribution in [2.45, 2.75) is 13.8 Å². The summed E-state index contributed by atoms with van der Waals surface area (Å²) in [6.07, 6.45) is 1.83. The first-order valence-corrected chi connectivity index (χ1v) is 10.3. The van der Waals surface area contributed by atoms with Crippen LogP contribution in [-0.2, 0) is 4.74 Å². The number of carbonyl (C=O) groups is 2. The number of anilines is 2. The molecule has 8 heteroatoms. The number of nitrogens with zero attached hydrogens (tertiary/aromatic N) is 2. The number of nitrogens with one attached hydrogen (secondary N) is 2. The van der Waals surface area contributed by atoms with Gasteiger partial charge in [0.05, 0.1) is 12.3 Å². The van der Waals surface area contributed by atoms with Gasteiger partial charge in [-0.3, -0.25) is 15.0 Å². The van der Waals surface area contributed by atoms with E-state index in [0.29, 0.717) is 22.1 Å². The molecule has 2 amide bonds. The zero-order valence-corrected chi connectivity index (χ0v) is 17.3. The molecule has 0 aliphatic heterocycles. The van der Waals surface area contributed by atoms with Gasteiger partial charge >= 0.3 is 12.0 Å². The maximum Gasteiger partial charge on any atom is 0.341 e. The molecule has 3 aromatic heterocycles. The van der Waals surface area contributed by atoms with E-state index in [0.717, 1.165) is 16.8 Å². The Kier molecular flexibility index (Phi) is 5.49. The Hall–Kier alpha value is -3.65. The number of esters is 1. The first-order valence-electron chi connectivity index (χ1n) is 9.44. The number of hydrogen-bond donors (Lipinski definition) is 2. The van der Waals surface area contributed by atoms with Gasteiger partial charge in [-0.2, -0.15) is 0 Å². The largest absolute Gasteiger partial charge is 0.462 e. The number of amides is 2. The van der Waals surface area contributed by atoms with Gasteiger partial charge in [0, 0.05) is 17.1 Å². The fraction of sp³-hybridized carbons (Fsp3) is 0.136. The predicted octanol–water partition coefficient (Wildman–Crippen LogP) is 5.19. The number of ether oxygens (including phenoxy) is 1. The zero-order valence-electron chi connectivity index (χ0n) is 16.5. The average molecular weight is 420 g/mol. The Bertz CT molecular complexity index is 1210. The third-order valence-electron chi connectivity index (χ3n) is 4.52. The molecule has 0 saturated carbocycles. The second-order valence-corrected chi connectivity index (χ2v) is 7.37. The number of aromatic nitrogens is 2. The van der Waals surface area contributed by atoms with Crippen LogP contribution in [0.25, 0.3) is 16.8 Å². The molecule has 7 nitrogen and oxygen atoms in total. The molecule has 0 radical (unpaired) electrons. The summed E-state index contributed by atoms with van der Waals surface area (Å²) in [5.41, 5.74) is 3.37. The summed E-state index contributed by atoms with van der Waals surface area (Å²) in [6.45, 7) is 3.82. The number of urea groups is 1. The highest BCUT2D eigenvalue weighted by Gasteiger charge is 2.23. The SMILES string of the molecule is CCOC(=O)c1c(-c2ccccc2)csc1NC(=O)Nc1c(C)nc2ccccn12. The third-order valence-corrected chi connectivity index (χ3v) is 5.41. The number of thiophene rings is 1. The Labute approximate surface area is 177 Å². The second kappa shape index (κ2) is 8.38. The number of rotatable bonds is 5. The van der Waals surface area contributed by atoms with E-state index < -0.39 is 12.0 Å². The van der Waals surface area contributed by atoms with Gasteiger partial charge in [0.15, 0.2) is 0 Å². The molecule has 3 heterocycles. The van der Waals surface area contributed by atoms with Gasteiger partial charge in [-0.25, -0.2) is 14.6 Å². The van der Waals surface area contributed by atoms with E-state index in [1.165, 1.54) is 11.3 Å². The zero-order chi connectivity index (χ0) is 21.1. The molecule has 2 N–H and O–H groups in total. The van der Waals surface area contributed by atoms with E-state index in [4.69, 9.17) is 4.74 Å². The molecule has 4 aromatic rings. The van der Waals surface area contributed by atoms with Crippen LogP contribution < -0.4 is 10.6 Å². The minimum absolute atomic E-state index is 0.246. The van der Waals surface area contributed by atoms with Gasteiger partial charge in [0.2, 0.25) is 0 Å². The van der Waals surface area contributed by atoms with Gasteiger partial charge in [0.25, 0.3) is 0 Å². The highest BCUT2D eigenvalue weighted by molar-refractivity contribution is 7.15. The fourth-order valence-corrected chi connectivity index (χ4v) is 4.14. The highest BCUT2D eigenvalue weighted by Crippen LogP contribution is 2.36. The Morgan fingerprint density at radius 3 is 2.63 bits per heavy atom. The monoisotopic (exact) mass is 420 g/mol. The molecule has 0 saturated heterocycles. The third kappa shape index (κ3) is 3.77. The van der Waals surface area contributed by atoms with Crippen molar-refractivity contribution in [2.24, 2.45) is 0 Å². The van der Waals surface area contributed by atoms with Gasteiger partial charge in [0.1, 0.15) is 22.0 Å². The topological polar surface area (TPSA) is 84.7 Å². The van der Waals surface area contributed by atoms with Crippen LogP contribution in [0.15, 0.2) is 60.1 Å². The maximum atomic E-state index is 12.7. The van der Waals surface area contributed by atoms with Gasteiger partial charge < -0.3 is 4.74 Å². The molecule has 4 rings (SSSR count). The van der Waals surface area contributed by atoms with Crippen molar-refractivity contribution in [2.75, 3.05) is 17.2 Å². The van der Waals surface area contributed by atoms with Crippen LogP contribution in [0.2, 0.25) is 0 Å². The lowest BCUT2D eigenvalue weighted by molar-refractivity contribution is 0.0529. The molecule has 0 spiro atoms. The lowest BCUT2D eigenvalue weighted by atomic mass is 10.0. The Balaban J connectivity index is 1.64. The van der Waals surface area contributed by atoms with Crippen molar-refractivity contribution in [3.63, 3.8) is 0 Å². The number of benzene rings is 1. The fourth-order valence-electron chi connectivity index (χ4n) is 3.19. The van der Waals surface area contributed by atoms with Gasteiger partial charge in [-0.15, -0.1) is 11.3 Å². The summed E-state index contributed by atoms with van der Waals surface area (Å²) in [5, 5.41) is 7.90. The summed E-state index contributed by atoms with van der Waals surface area (Å²) >= 11 is 1.28. The van der Waals surface area contributed by atoms with Crippen LogP contribution in [-0.4, -0.2) is 28.0 Å². The summed E-state index contributed by atoms with van der Waals surface area (Å²) in [5.74, 6) is 0.0968. The van der Waals surface area contributed by atoms with Crippen molar-refractivity contribution in [3.05, 3.63) is 71.4 Å². The van der Waals surface area contributed by atoms with Crippen LogP contribution >= 0.6 is 11.3 Å². The number of aryl methyl sites for hydroxylation is 1. The van der Waals surface area contributed by atoms with Crippen LogP contribution in [0.5, 0.6) is 0 Å². The molecule has 152 valence electrons. The molecule has 0 aliphatic carbocycles. The number of imidazole rings is 1. The number of pyridine rings is 1. The van der Waals surface area contributed by atoms with E-state index in [1.807, 2.05) is 67.0 Å². The molecule has 0 fully saturated rings. The van der Waals surface area contributed by atoms with E-state index >= 15 is 0 Å². The normalized spacial score (nSPS) is 10.7. The summed E-state index contributed by atoms with van der Waals surface area (Å²) in [6, 6.07) is 14.7. The smallest absolute Gasteiger partial charge is 0.341 e. The van der Waals surface area contributed by atoms with Crippen molar-refractivity contribution in [3.8, 4) is 11.1 Å². The molecule has 0 atom stereocenters. The number of hydrogen-bond acceptors (Lipinski definition) is 5. The first-order chi connectivity index (χ1) is 14.6. The average Bonchev–Trinajstić information content (AvgIpc) is 3.30. The van der Waals surface area contributed by atoms with Crippen molar-refractivity contribution < 1.29 is 14.3 Å². The molecule has 0 aliphatic rings. The van der Waals surface area contributed by atoms with E-state index in [-0.39, 0.29) is 6.61 Å². The van der Waals surface area contributed by atoms with E-state index in [1.54, 1.807) is 11.3 Å². The quantitative estimate of drug-likeness (QED) is 0.435. The minimum Gasteiger partial charge on any atom is -0.462 e. The predicted molar refractivity (Wildman–Crippen MR) is 118 cm³/mol. The standard InChI is InChI=1S/C22H20N4O3S/c1-3-29-21(27)18-16(15-9-5-4-6-10-15)13-30-20(18)25-22(28)24-19-14(2)23-17-11-7-8-12-26(17)19/h4-13H,3H2,1-2H3,(H2,24,25,28). The lowest BCUT2D eigenvalue weighted by Crippen LogP contribution is -2.21. The highest BCUT2D eigenvalue weighted by atomic mass is 32.1. The number of fused-ring (bicyclic) bond motifs is 1. The van der Waals surface area contributed by atoms with E-state index in [9.17, 15) is 9.59 Å². The van der Waals surface area contributed by atoms with Crippen LogP contribution in [0.1, 0.15) is 23.0 Å². The molecular formula is C22H20N4O3S. The Morgan fingerprint density at radius 2 is 1.87 bits per heavy atom. The molecular weight excluding hydrogens is 400 g/mol. The van der Waals surface area contributed by atoms with Gasteiger partial charge in [-0.05, 0) is 31.5 Å². The summed E-state index contributed by atoms with van der Waals surface area (Å²) in [4.78, 5) is 29.8. The van der Waals surface area contributed by atoms with E-state index in [2.05, 4.69) is 15.6 Å². The second-order valence-electron chi connectivity index (χ2n) is 6.49.